The molecule has 1 aromatic heterocycles. The summed E-state index contributed by atoms with van der Waals surface area (Å²) in [6, 6.07) is 0. The fraction of sp³-hybridized carbons (Fsp3) is 0.500. The van der Waals surface area contributed by atoms with Gasteiger partial charge in [-0.1, -0.05) is 19.6 Å². The number of aromatic nitrogens is 2. The highest BCUT2D eigenvalue weighted by molar-refractivity contribution is 6.88. The molecule has 0 aliphatic carbocycles. The molecule has 2 nitrogen and oxygen atoms in total. The van der Waals surface area contributed by atoms with Gasteiger partial charge in [-0.2, -0.15) is 0 Å². The Morgan fingerprint density at radius 1 is 1.44 bits per heavy atom. The highest BCUT2D eigenvalue weighted by Crippen LogP contribution is 1.97. The lowest BCUT2D eigenvalue weighted by Crippen LogP contribution is -2.38. The van der Waals surface area contributed by atoms with Crippen molar-refractivity contribution in [3.05, 3.63) is 12.5 Å². The third-order valence-corrected chi connectivity index (χ3v) is 3.20. The van der Waals surface area contributed by atoms with Gasteiger partial charge in [-0.05, 0) is 0 Å². The van der Waals surface area contributed by atoms with Crippen molar-refractivity contribution in [2.75, 3.05) is 0 Å². The summed E-state index contributed by atoms with van der Waals surface area (Å²) in [4.78, 5) is 7.10. The summed E-state index contributed by atoms with van der Waals surface area (Å²) in [5, 5.41) is 1.32. The molecule has 9 heavy (non-hydrogen) atoms. The van der Waals surface area contributed by atoms with Gasteiger partial charge in [-0.15, -0.1) is 0 Å². The van der Waals surface area contributed by atoms with E-state index in [1.165, 1.54) is 5.32 Å². The average molecular weight is 140 g/mol. The van der Waals surface area contributed by atoms with E-state index in [0.717, 1.165) is 0 Å². The van der Waals surface area contributed by atoms with Gasteiger partial charge >= 0.3 is 0 Å². The summed E-state index contributed by atoms with van der Waals surface area (Å²) < 4.78 is 0. The number of H-pyrrole nitrogens is 1. The molecule has 0 saturated carbocycles. The molecule has 0 amide bonds. The molecule has 0 atom stereocenters. The van der Waals surface area contributed by atoms with Gasteiger partial charge in [0.2, 0.25) is 0 Å². The first-order valence-corrected chi connectivity index (χ1v) is 6.59. The van der Waals surface area contributed by atoms with Crippen molar-refractivity contribution in [1.29, 1.82) is 0 Å². The van der Waals surface area contributed by atoms with Crippen LogP contribution in [0.5, 0.6) is 0 Å². The minimum Gasteiger partial charge on any atom is -0.352 e. The van der Waals surface area contributed by atoms with Gasteiger partial charge in [0, 0.05) is 11.5 Å². The topological polar surface area (TPSA) is 28.7 Å². The Morgan fingerprint density at radius 2 is 2.11 bits per heavy atom. The summed E-state index contributed by atoms with van der Waals surface area (Å²) in [5.41, 5.74) is 0. The van der Waals surface area contributed by atoms with Crippen molar-refractivity contribution < 1.29 is 0 Å². The van der Waals surface area contributed by atoms with Crippen LogP contribution >= 0.6 is 0 Å². The normalized spacial score (nSPS) is 11.9. The van der Waals surface area contributed by atoms with E-state index in [1.54, 1.807) is 6.33 Å². The minimum atomic E-state index is -1.10. The van der Waals surface area contributed by atoms with E-state index in [0.29, 0.717) is 0 Å². The van der Waals surface area contributed by atoms with Gasteiger partial charge in [-0.3, -0.25) is 0 Å². The Kier molecular flexibility index (Phi) is 1.44. The largest absolute Gasteiger partial charge is 0.352 e. The highest BCUT2D eigenvalue weighted by Gasteiger charge is 2.16. The van der Waals surface area contributed by atoms with Gasteiger partial charge < -0.3 is 4.98 Å². The zero-order chi connectivity index (χ0) is 6.91. The third-order valence-electron chi connectivity index (χ3n) is 1.31. The molecule has 0 unspecified atom stereocenters. The van der Waals surface area contributed by atoms with Crippen LogP contribution in [0.3, 0.4) is 0 Å². The number of aromatic amines is 1. The molecule has 0 aromatic carbocycles. The predicted molar refractivity (Wildman–Crippen MR) is 41.6 cm³/mol. The van der Waals surface area contributed by atoms with Crippen LogP contribution in [0.15, 0.2) is 12.5 Å². The van der Waals surface area contributed by atoms with E-state index >= 15 is 0 Å². The third kappa shape index (κ3) is 1.42. The SMILES string of the molecule is C[Si](C)(C)c1cnc[nH]1. The Balaban J connectivity index is 2.90. The molecule has 3 heteroatoms. The van der Waals surface area contributed by atoms with Crippen LogP contribution in [0.1, 0.15) is 0 Å². The molecular weight excluding hydrogens is 128 g/mol. The van der Waals surface area contributed by atoms with Gasteiger partial charge in [0.15, 0.2) is 0 Å². The van der Waals surface area contributed by atoms with Gasteiger partial charge in [0.1, 0.15) is 8.07 Å². The fourth-order valence-electron chi connectivity index (χ4n) is 0.666. The highest BCUT2D eigenvalue weighted by atomic mass is 28.3. The Morgan fingerprint density at radius 3 is 2.33 bits per heavy atom. The van der Waals surface area contributed by atoms with Crippen molar-refractivity contribution in [3.8, 4) is 0 Å². The second kappa shape index (κ2) is 1.99. The Hall–Kier alpha value is -0.573. The first-order valence-electron chi connectivity index (χ1n) is 3.09. The van der Waals surface area contributed by atoms with E-state index in [9.17, 15) is 0 Å². The first kappa shape index (κ1) is 6.55. The Labute approximate surface area is 56.3 Å². The van der Waals surface area contributed by atoms with Crippen molar-refractivity contribution in [2.45, 2.75) is 19.6 Å². The monoisotopic (exact) mass is 140 g/mol. The van der Waals surface area contributed by atoms with Crippen LogP contribution in [0, 0.1) is 0 Å². The molecule has 1 rings (SSSR count). The van der Waals surface area contributed by atoms with Crippen LogP contribution in [-0.4, -0.2) is 18.0 Å². The lowest BCUT2D eigenvalue weighted by Gasteiger charge is -2.11. The van der Waals surface area contributed by atoms with E-state index in [1.807, 2.05) is 6.20 Å². The molecule has 1 N–H and O–H groups in total. The van der Waals surface area contributed by atoms with Crippen molar-refractivity contribution >= 4 is 13.4 Å². The fourth-order valence-corrected chi connectivity index (χ4v) is 1.63. The number of nitrogens with zero attached hydrogens (tertiary/aromatic N) is 1. The first-order chi connectivity index (χ1) is 4.11. The number of nitrogens with one attached hydrogen (secondary N) is 1. The molecule has 0 bridgehead atoms. The molecule has 0 spiro atoms. The van der Waals surface area contributed by atoms with Crippen molar-refractivity contribution in [3.63, 3.8) is 0 Å². The van der Waals surface area contributed by atoms with Crippen LogP contribution in [0.25, 0.3) is 0 Å². The summed E-state index contributed by atoms with van der Waals surface area (Å²) in [6.07, 6.45) is 3.67. The van der Waals surface area contributed by atoms with E-state index in [2.05, 4.69) is 29.6 Å². The number of hydrogen-bond acceptors (Lipinski definition) is 1. The predicted octanol–water partition coefficient (Wildman–Crippen LogP) is 0.955. The van der Waals surface area contributed by atoms with Gasteiger partial charge in [-0.25, -0.2) is 4.98 Å². The van der Waals surface area contributed by atoms with E-state index in [4.69, 9.17) is 0 Å². The second-order valence-corrected chi connectivity index (χ2v) is 8.25. The summed E-state index contributed by atoms with van der Waals surface area (Å²) in [5.74, 6) is 0. The van der Waals surface area contributed by atoms with Gasteiger partial charge in [0.25, 0.3) is 0 Å². The molecule has 1 aromatic rings. The Bertz CT molecular complexity index is 173. The molecular formula is C6H12N2Si. The maximum Gasteiger partial charge on any atom is 0.100 e. The number of rotatable bonds is 1. The maximum atomic E-state index is 3.97. The zero-order valence-electron chi connectivity index (χ0n) is 6.10. The zero-order valence-corrected chi connectivity index (χ0v) is 7.10. The van der Waals surface area contributed by atoms with Crippen molar-refractivity contribution in [2.24, 2.45) is 0 Å². The van der Waals surface area contributed by atoms with Gasteiger partial charge in [0.05, 0.1) is 6.33 Å². The molecule has 50 valence electrons. The summed E-state index contributed by atoms with van der Waals surface area (Å²) in [6.45, 7) is 6.88. The molecule has 0 aliphatic heterocycles. The van der Waals surface area contributed by atoms with E-state index in [-0.39, 0.29) is 0 Å². The standard InChI is InChI=1S/C6H12N2Si/c1-9(2,3)6-4-7-5-8-6/h4-5H,1-3H3,(H,7,8). The maximum absolute atomic E-state index is 3.97. The molecule has 0 fully saturated rings. The van der Waals surface area contributed by atoms with Crippen LogP contribution < -0.4 is 5.32 Å². The smallest absolute Gasteiger partial charge is 0.100 e. The molecule has 1 heterocycles. The molecule has 0 radical (unpaired) electrons. The number of hydrogen-bond donors (Lipinski definition) is 1. The lowest BCUT2D eigenvalue weighted by molar-refractivity contribution is 1.32. The van der Waals surface area contributed by atoms with E-state index < -0.39 is 8.07 Å². The average Bonchev–Trinajstić information content (AvgIpc) is 2.08. The van der Waals surface area contributed by atoms with Crippen molar-refractivity contribution in [1.82, 2.24) is 9.97 Å². The number of imidazole rings is 1. The minimum absolute atomic E-state index is 1.10. The van der Waals surface area contributed by atoms with Crippen LogP contribution in [-0.2, 0) is 0 Å². The summed E-state index contributed by atoms with van der Waals surface area (Å²) >= 11 is 0. The molecule has 0 saturated heterocycles. The quantitative estimate of drug-likeness (QED) is 0.578. The van der Waals surface area contributed by atoms with Crippen LogP contribution in [0.2, 0.25) is 19.6 Å². The van der Waals surface area contributed by atoms with Crippen LogP contribution in [0.4, 0.5) is 0 Å². The molecule has 0 aliphatic rings. The lowest BCUT2D eigenvalue weighted by atomic mass is 10.9. The summed E-state index contributed by atoms with van der Waals surface area (Å²) in [7, 11) is -1.10. The second-order valence-electron chi connectivity index (χ2n) is 3.22.